The molecule has 0 aliphatic rings. The van der Waals surface area contributed by atoms with E-state index in [1.165, 1.54) is 0 Å². The molecule has 0 aromatic rings. The summed E-state index contributed by atoms with van der Waals surface area (Å²) in [6.45, 7) is 0. The number of halogens is 1. The summed E-state index contributed by atoms with van der Waals surface area (Å²) in [7, 11) is 4.26. The standard InChI is InChI=1S/ClH.6H2N.Ni/h1H;6*1H2;/q;6*-1;+1/p-1. The van der Waals surface area contributed by atoms with Crippen LogP contribution in [-0.4, -0.2) is 0 Å². The largest absolute Gasteiger partial charge is 0.693 e. The summed E-state index contributed by atoms with van der Waals surface area (Å²) in [6.07, 6.45) is 0. The predicted molar refractivity (Wildman–Crippen MR) is 37.6 cm³/mol. The molecule has 0 spiro atoms. The minimum atomic E-state index is 0. The third-order valence-electron chi connectivity index (χ3n) is 0. The van der Waals surface area contributed by atoms with Gasteiger partial charge in [-0.1, -0.05) is 0 Å². The van der Waals surface area contributed by atoms with Gasteiger partial charge in [0.15, 0.2) is 0 Å². The molecule has 8 heavy (non-hydrogen) atoms. The van der Waals surface area contributed by atoms with Crippen LogP contribution in [0, 0.1) is 0 Å². The number of hydrogen-bond donors (Lipinski definition) is 0. The van der Waals surface area contributed by atoms with Gasteiger partial charge in [-0.25, -0.2) is 0 Å². The van der Waals surface area contributed by atoms with E-state index in [1.807, 2.05) is 0 Å². The van der Waals surface area contributed by atoms with Crippen molar-refractivity contribution >= 4 is 10.2 Å². The Balaban J connectivity index is -0.000000000333. The molecular formula is H12ClN6Ni-6. The van der Waals surface area contributed by atoms with E-state index in [1.54, 1.807) is 0 Å². The van der Waals surface area contributed by atoms with Crippen molar-refractivity contribution in [3.63, 3.8) is 0 Å². The molecule has 0 aromatic carbocycles. The van der Waals surface area contributed by atoms with Crippen LogP contribution in [-0.2, 0) is 14.6 Å². The first-order valence-corrected chi connectivity index (χ1v) is 1.48. The first kappa shape index (κ1) is 204. The predicted octanol–water partition coefficient (Wildman–Crippen LogP) is 4.99. The summed E-state index contributed by atoms with van der Waals surface area (Å²) < 4.78 is 0. The molecule has 65 valence electrons. The molecule has 0 rings (SSSR count). The van der Waals surface area contributed by atoms with Crippen molar-refractivity contribution in [2.75, 3.05) is 0 Å². The summed E-state index contributed by atoms with van der Waals surface area (Å²) in [4.78, 5) is 0. The van der Waals surface area contributed by atoms with E-state index < -0.39 is 0 Å². The first-order valence-electron chi connectivity index (χ1n) is 0.120. The van der Waals surface area contributed by atoms with E-state index in [0.717, 1.165) is 0 Å². The van der Waals surface area contributed by atoms with E-state index in [9.17, 15) is 0 Å². The molecule has 0 saturated heterocycles. The molecule has 0 saturated carbocycles. The third-order valence-corrected chi connectivity index (χ3v) is 0. The summed E-state index contributed by atoms with van der Waals surface area (Å²) >= 11 is 3.35. The zero-order valence-electron chi connectivity index (χ0n) is 4.16. The molecule has 12 N–H and O–H groups in total. The van der Waals surface area contributed by atoms with Gasteiger partial charge in [-0.3, -0.25) is 0 Å². The molecule has 0 fully saturated rings. The van der Waals surface area contributed by atoms with Gasteiger partial charge in [0, 0.05) is 0 Å². The normalized spacial score (nSPS) is 0.875. The molecule has 8 heteroatoms. The Bertz CT molecular complexity index is 8.49. The third kappa shape index (κ3) is 681. The van der Waals surface area contributed by atoms with Crippen LogP contribution in [0.15, 0.2) is 0 Å². The second-order valence-corrected chi connectivity index (χ2v) is 0. The molecule has 0 aliphatic heterocycles. The maximum absolute atomic E-state index is 4.26. The molecule has 0 bridgehead atoms. The zero-order valence-corrected chi connectivity index (χ0v) is 5.90. The van der Waals surface area contributed by atoms with Crippen LogP contribution in [0.1, 0.15) is 0 Å². The van der Waals surface area contributed by atoms with Gasteiger partial charge in [-0.05, 0) is 0 Å². The van der Waals surface area contributed by atoms with Gasteiger partial charge >= 0.3 is 24.8 Å². The maximum atomic E-state index is 4.26. The van der Waals surface area contributed by atoms with E-state index >= 15 is 0 Å². The Hall–Kier alpha value is 0.544. The molecule has 0 unspecified atom stereocenters. The fraction of sp³-hybridized carbons (Fsp3) is 0. The Kier molecular flexibility index (Phi) is 27900. The van der Waals surface area contributed by atoms with E-state index in [0.29, 0.717) is 0 Å². The quantitative estimate of drug-likeness (QED) is 0.463. The molecule has 0 atom stereocenters. The van der Waals surface area contributed by atoms with Crippen LogP contribution in [0.25, 0.3) is 36.9 Å². The zero-order chi connectivity index (χ0) is 2.00. The van der Waals surface area contributed by atoms with Crippen LogP contribution in [0.5, 0.6) is 0 Å². The van der Waals surface area contributed by atoms with E-state index in [-0.39, 0.29) is 36.9 Å². The van der Waals surface area contributed by atoms with Crippen molar-refractivity contribution in [3.05, 3.63) is 36.9 Å². The van der Waals surface area contributed by atoms with Crippen molar-refractivity contribution in [2.45, 2.75) is 0 Å². The van der Waals surface area contributed by atoms with Crippen LogP contribution in [0.4, 0.5) is 0 Å². The van der Waals surface area contributed by atoms with Crippen molar-refractivity contribution < 1.29 is 14.6 Å². The summed E-state index contributed by atoms with van der Waals surface area (Å²) in [6, 6.07) is 0. The Morgan fingerprint density at radius 1 is 0.500 bits per heavy atom. The minimum Gasteiger partial charge on any atom is -0.693 e. The van der Waals surface area contributed by atoms with Crippen molar-refractivity contribution in [3.8, 4) is 0 Å². The summed E-state index contributed by atoms with van der Waals surface area (Å²) in [5, 5.41) is 0. The molecule has 0 aliphatic carbocycles. The second kappa shape index (κ2) is 1090. The molecule has 0 radical (unpaired) electrons. The van der Waals surface area contributed by atoms with Crippen LogP contribution >= 0.6 is 10.2 Å². The van der Waals surface area contributed by atoms with E-state index in [2.05, 4.69) is 24.8 Å². The van der Waals surface area contributed by atoms with Crippen LogP contribution < -0.4 is 0 Å². The average molecular weight is 190 g/mol. The number of hydrogen-bond acceptors (Lipinski definition) is 0. The topological polar surface area (TPSA) is 201 Å². The average Bonchev–Trinajstić information content (AvgIpc) is 1.00. The molecule has 0 aromatic heterocycles. The van der Waals surface area contributed by atoms with E-state index in [4.69, 9.17) is 0 Å². The summed E-state index contributed by atoms with van der Waals surface area (Å²) in [5.74, 6) is 0. The fourth-order valence-electron chi connectivity index (χ4n) is 0. The summed E-state index contributed by atoms with van der Waals surface area (Å²) in [5.41, 5.74) is 0. The van der Waals surface area contributed by atoms with Crippen molar-refractivity contribution in [1.82, 2.24) is 0 Å². The Morgan fingerprint density at radius 3 is 0.500 bits per heavy atom. The number of nitrogens with two attached hydrogens (primary N) is 6. The van der Waals surface area contributed by atoms with Gasteiger partial charge in [-0.15, -0.1) is 0 Å². The van der Waals surface area contributed by atoms with Crippen molar-refractivity contribution in [2.24, 2.45) is 0 Å². The van der Waals surface area contributed by atoms with Gasteiger partial charge in [0.25, 0.3) is 0 Å². The Labute approximate surface area is 62.3 Å². The van der Waals surface area contributed by atoms with Gasteiger partial charge in [0.2, 0.25) is 0 Å². The van der Waals surface area contributed by atoms with Gasteiger partial charge in [0.1, 0.15) is 0 Å². The van der Waals surface area contributed by atoms with Crippen molar-refractivity contribution in [1.29, 1.82) is 0 Å². The van der Waals surface area contributed by atoms with Crippen LogP contribution in [0.3, 0.4) is 0 Å². The van der Waals surface area contributed by atoms with Gasteiger partial charge in [0.05, 0.1) is 0 Å². The van der Waals surface area contributed by atoms with Gasteiger partial charge < -0.3 is 36.9 Å². The SMILES string of the molecule is [Cl][Ni].[NH2-].[NH2-].[NH2-].[NH2-].[NH2-].[NH2-]. The molecule has 0 heterocycles. The van der Waals surface area contributed by atoms with Crippen LogP contribution in [0.2, 0.25) is 0 Å². The smallest absolute Gasteiger partial charge is 0.693 e. The molecular weight excluding hydrogens is 178 g/mol. The van der Waals surface area contributed by atoms with Gasteiger partial charge in [-0.2, -0.15) is 0 Å². The minimum absolute atomic E-state index is 0. The fourth-order valence-corrected chi connectivity index (χ4v) is 0. The monoisotopic (exact) mass is 189 g/mol. The molecule has 6 nitrogen and oxygen atoms in total. The Morgan fingerprint density at radius 2 is 0.500 bits per heavy atom. The maximum Gasteiger partial charge on any atom is -0.693 e. The molecule has 0 amide bonds. The second-order valence-electron chi connectivity index (χ2n) is 0. The first-order chi connectivity index (χ1) is 1.00. The number of rotatable bonds is 0.